The molecule has 1 N–H and O–H groups in total. The van der Waals surface area contributed by atoms with E-state index in [-0.39, 0.29) is 17.1 Å². The molecule has 0 aromatic heterocycles. The number of rotatable bonds is 7. The van der Waals surface area contributed by atoms with E-state index in [4.69, 9.17) is 4.74 Å². The molecule has 1 atom stereocenters. The van der Waals surface area contributed by atoms with Crippen molar-refractivity contribution in [1.82, 2.24) is 0 Å². The van der Waals surface area contributed by atoms with Gasteiger partial charge in [-0.2, -0.15) is 0 Å². The number of amides is 1. The number of esters is 1. The topological polar surface area (TPSA) is 98.5 Å². The smallest absolute Gasteiger partial charge is 0.317 e. The molecule has 0 saturated heterocycles. The van der Waals surface area contributed by atoms with Crippen LogP contribution in [0.25, 0.3) is 0 Å². The van der Waals surface area contributed by atoms with E-state index in [0.717, 1.165) is 16.0 Å². The lowest BCUT2D eigenvalue weighted by Crippen LogP contribution is -2.30. The van der Waals surface area contributed by atoms with Crippen molar-refractivity contribution < 1.29 is 19.2 Å². The highest BCUT2D eigenvalue weighted by molar-refractivity contribution is 8.00. The average Bonchev–Trinajstić information content (AvgIpc) is 2.62. The van der Waals surface area contributed by atoms with E-state index in [2.05, 4.69) is 5.32 Å². The molecule has 0 aliphatic rings. The summed E-state index contributed by atoms with van der Waals surface area (Å²) in [7, 11) is 0. The summed E-state index contributed by atoms with van der Waals surface area (Å²) in [6, 6.07) is 11.7. The highest BCUT2D eigenvalue weighted by Crippen LogP contribution is 2.25. The van der Waals surface area contributed by atoms with E-state index in [9.17, 15) is 19.7 Å². The summed E-state index contributed by atoms with van der Waals surface area (Å²) >= 11 is 1.34. The molecule has 0 bridgehead atoms. The molecule has 0 heterocycles. The van der Waals surface area contributed by atoms with Crippen LogP contribution >= 0.6 is 11.8 Å². The molecule has 0 saturated carbocycles. The molecule has 0 radical (unpaired) electrons. The van der Waals surface area contributed by atoms with Gasteiger partial charge in [0.1, 0.15) is 5.69 Å². The first-order chi connectivity index (χ1) is 12.8. The predicted molar refractivity (Wildman–Crippen MR) is 104 cm³/mol. The largest absolute Gasteiger partial charge is 0.452 e. The zero-order chi connectivity index (χ0) is 20.0. The fourth-order valence-electron chi connectivity index (χ4n) is 2.26. The Morgan fingerprint density at radius 1 is 1.22 bits per heavy atom. The molecule has 2 aromatic carbocycles. The van der Waals surface area contributed by atoms with Crippen LogP contribution in [0, 0.1) is 24.0 Å². The van der Waals surface area contributed by atoms with Crippen LogP contribution in [-0.4, -0.2) is 28.7 Å². The molecule has 0 aliphatic heterocycles. The summed E-state index contributed by atoms with van der Waals surface area (Å²) in [5.41, 5.74) is 1.98. The fraction of sp³-hybridized carbons (Fsp3) is 0.263. The maximum atomic E-state index is 12.2. The number of para-hydroxylation sites is 2. The number of nitrogens with zero attached hydrogens (tertiary/aromatic N) is 1. The lowest BCUT2D eigenvalue weighted by Gasteiger charge is -2.14. The summed E-state index contributed by atoms with van der Waals surface area (Å²) < 4.78 is 5.13. The van der Waals surface area contributed by atoms with Crippen molar-refractivity contribution in [3.63, 3.8) is 0 Å². The van der Waals surface area contributed by atoms with Crippen LogP contribution in [0.15, 0.2) is 47.4 Å². The number of nitro groups is 1. The molecule has 27 heavy (non-hydrogen) atoms. The van der Waals surface area contributed by atoms with Gasteiger partial charge in [-0.25, -0.2) is 0 Å². The number of aryl methyl sites for hydroxylation is 2. The standard InChI is InChI=1S/C19H20N2O5S/c1-12-8-9-13(2)17(10-12)27-11-18(22)26-14(3)19(23)20-15-6-4-5-7-16(15)21(24)25/h4-10,14H,11H2,1-3H3,(H,20,23)/t14-/m0/s1. The molecule has 0 fully saturated rings. The van der Waals surface area contributed by atoms with E-state index >= 15 is 0 Å². The number of carbonyl (C=O) groups is 2. The summed E-state index contributed by atoms with van der Waals surface area (Å²) in [6.07, 6.45) is -1.07. The molecule has 8 heteroatoms. The van der Waals surface area contributed by atoms with Gasteiger partial charge in [-0.1, -0.05) is 29.8 Å². The Morgan fingerprint density at radius 2 is 1.93 bits per heavy atom. The van der Waals surface area contributed by atoms with Gasteiger partial charge in [0.15, 0.2) is 6.10 Å². The van der Waals surface area contributed by atoms with Gasteiger partial charge in [-0.3, -0.25) is 19.7 Å². The molecular weight excluding hydrogens is 368 g/mol. The SMILES string of the molecule is Cc1ccc(C)c(SCC(=O)O[C@@H](C)C(=O)Nc2ccccc2[N+](=O)[O-])c1. The number of benzene rings is 2. The number of carbonyl (C=O) groups excluding carboxylic acids is 2. The molecule has 7 nitrogen and oxygen atoms in total. The number of nitro benzene ring substituents is 1. The second kappa shape index (κ2) is 9.18. The van der Waals surface area contributed by atoms with Crippen LogP contribution in [0.5, 0.6) is 0 Å². The minimum atomic E-state index is -1.07. The maximum Gasteiger partial charge on any atom is 0.317 e. The number of thioether (sulfide) groups is 1. The van der Waals surface area contributed by atoms with Crippen LogP contribution in [0.2, 0.25) is 0 Å². The first-order valence-corrected chi connectivity index (χ1v) is 9.20. The van der Waals surface area contributed by atoms with E-state index in [1.165, 1.54) is 36.9 Å². The number of hydrogen-bond donors (Lipinski definition) is 1. The second-order valence-corrected chi connectivity index (χ2v) is 6.97. The normalized spacial score (nSPS) is 11.5. The summed E-state index contributed by atoms with van der Waals surface area (Å²) in [4.78, 5) is 35.6. The van der Waals surface area contributed by atoms with Crippen molar-refractivity contribution in [3.8, 4) is 0 Å². The number of ether oxygens (including phenoxy) is 1. The van der Waals surface area contributed by atoms with E-state index < -0.39 is 22.9 Å². The van der Waals surface area contributed by atoms with Crippen molar-refractivity contribution in [2.45, 2.75) is 31.8 Å². The van der Waals surface area contributed by atoms with Gasteiger partial charge in [-0.05, 0) is 38.5 Å². The van der Waals surface area contributed by atoms with Gasteiger partial charge in [0, 0.05) is 11.0 Å². The maximum absolute atomic E-state index is 12.2. The molecule has 2 rings (SSSR count). The molecular formula is C19H20N2O5S. The molecule has 0 unspecified atom stereocenters. The van der Waals surface area contributed by atoms with Crippen molar-refractivity contribution >= 4 is 35.0 Å². The highest BCUT2D eigenvalue weighted by Gasteiger charge is 2.21. The number of anilines is 1. The minimum absolute atomic E-state index is 0.0557. The van der Waals surface area contributed by atoms with Gasteiger partial charge < -0.3 is 10.1 Å². The second-order valence-electron chi connectivity index (χ2n) is 5.95. The molecule has 0 spiro atoms. The third kappa shape index (κ3) is 5.82. The summed E-state index contributed by atoms with van der Waals surface area (Å²) in [5, 5.41) is 13.4. The average molecular weight is 388 g/mol. The molecule has 0 aliphatic carbocycles. The summed E-state index contributed by atoms with van der Waals surface area (Å²) in [6.45, 7) is 5.34. The Labute approximate surface area is 161 Å². The molecule has 2 aromatic rings. The monoisotopic (exact) mass is 388 g/mol. The van der Waals surface area contributed by atoms with Crippen molar-refractivity contribution in [3.05, 3.63) is 63.7 Å². The Hall–Kier alpha value is -2.87. The van der Waals surface area contributed by atoms with Gasteiger partial charge in [0.2, 0.25) is 0 Å². The van der Waals surface area contributed by atoms with Crippen LogP contribution in [0.4, 0.5) is 11.4 Å². The summed E-state index contributed by atoms with van der Waals surface area (Å²) in [5.74, 6) is -1.10. The Kier molecular flexibility index (Phi) is 6.95. The lowest BCUT2D eigenvalue weighted by atomic mass is 10.2. The van der Waals surface area contributed by atoms with Crippen LogP contribution in [0.3, 0.4) is 0 Å². The van der Waals surface area contributed by atoms with Gasteiger partial charge in [-0.15, -0.1) is 11.8 Å². The predicted octanol–water partition coefficient (Wildman–Crippen LogP) is 3.87. The van der Waals surface area contributed by atoms with E-state index in [0.29, 0.717) is 0 Å². The lowest BCUT2D eigenvalue weighted by molar-refractivity contribution is -0.383. The number of nitrogens with one attached hydrogen (secondary N) is 1. The van der Waals surface area contributed by atoms with Gasteiger partial charge in [0.05, 0.1) is 10.7 Å². The number of hydrogen-bond acceptors (Lipinski definition) is 6. The first-order valence-electron chi connectivity index (χ1n) is 8.21. The van der Waals surface area contributed by atoms with Crippen LogP contribution in [-0.2, 0) is 14.3 Å². The first kappa shape index (κ1) is 20.4. The third-order valence-electron chi connectivity index (χ3n) is 3.73. The van der Waals surface area contributed by atoms with Gasteiger partial charge >= 0.3 is 5.97 Å². The zero-order valence-electron chi connectivity index (χ0n) is 15.2. The highest BCUT2D eigenvalue weighted by atomic mass is 32.2. The Morgan fingerprint density at radius 3 is 2.63 bits per heavy atom. The third-order valence-corrected chi connectivity index (χ3v) is 4.86. The van der Waals surface area contributed by atoms with E-state index in [1.807, 2.05) is 32.0 Å². The quantitative estimate of drug-likeness (QED) is 0.335. The Balaban J connectivity index is 1.91. The zero-order valence-corrected chi connectivity index (χ0v) is 16.0. The van der Waals surface area contributed by atoms with E-state index in [1.54, 1.807) is 6.07 Å². The molecule has 142 valence electrons. The Bertz CT molecular complexity index is 869. The van der Waals surface area contributed by atoms with Crippen LogP contribution in [0.1, 0.15) is 18.1 Å². The molecule has 1 amide bonds. The fourth-order valence-corrected chi connectivity index (χ4v) is 3.16. The minimum Gasteiger partial charge on any atom is -0.452 e. The van der Waals surface area contributed by atoms with Crippen molar-refractivity contribution in [2.75, 3.05) is 11.1 Å². The van der Waals surface area contributed by atoms with Crippen molar-refractivity contribution in [2.24, 2.45) is 0 Å². The van der Waals surface area contributed by atoms with Crippen LogP contribution < -0.4 is 5.32 Å². The van der Waals surface area contributed by atoms with Gasteiger partial charge in [0.25, 0.3) is 11.6 Å². The van der Waals surface area contributed by atoms with Crippen molar-refractivity contribution in [1.29, 1.82) is 0 Å².